The maximum atomic E-state index is 5.32. The molecular formula is C7H18OSi2. The van der Waals surface area contributed by atoms with Gasteiger partial charge in [-0.2, -0.15) is 0 Å². The van der Waals surface area contributed by atoms with Crippen LogP contribution in [0.25, 0.3) is 0 Å². The molecule has 1 atom stereocenters. The van der Waals surface area contributed by atoms with Crippen molar-refractivity contribution in [3.63, 3.8) is 0 Å². The summed E-state index contributed by atoms with van der Waals surface area (Å²) in [6.07, 6.45) is 6.12. The lowest BCUT2D eigenvalue weighted by Gasteiger charge is -1.99. The molecule has 0 spiro atoms. The summed E-state index contributed by atoms with van der Waals surface area (Å²) in [5.41, 5.74) is 2.28. The standard InChI is InChI=1S/C7H18OSi2/c1-3-4-5-6-7-10(2)8-9/h6-7,10H,3-5H2,1-2,9H3. The summed E-state index contributed by atoms with van der Waals surface area (Å²) in [4.78, 5) is 0. The fraction of sp³-hybridized carbons (Fsp3) is 0.714. The van der Waals surface area contributed by atoms with Gasteiger partial charge in [-0.05, 0) is 13.0 Å². The first kappa shape index (κ1) is 10.1. The molecule has 0 rings (SSSR count). The maximum Gasteiger partial charge on any atom is 0.184 e. The highest BCUT2D eigenvalue weighted by molar-refractivity contribution is 6.59. The van der Waals surface area contributed by atoms with Gasteiger partial charge in [0.2, 0.25) is 0 Å². The first-order valence-electron chi connectivity index (χ1n) is 4.00. The summed E-state index contributed by atoms with van der Waals surface area (Å²) in [6, 6.07) is 0. The van der Waals surface area contributed by atoms with Crippen LogP contribution in [0.4, 0.5) is 0 Å². The van der Waals surface area contributed by atoms with Gasteiger partial charge in [0.1, 0.15) is 10.5 Å². The number of allylic oxidation sites excluding steroid dienone is 1. The lowest BCUT2D eigenvalue weighted by atomic mass is 10.2. The second kappa shape index (κ2) is 7.24. The summed E-state index contributed by atoms with van der Waals surface area (Å²) in [6.45, 7) is 4.44. The minimum Gasteiger partial charge on any atom is -0.463 e. The van der Waals surface area contributed by atoms with E-state index < -0.39 is 9.04 Å². The van der Waals surface area contributed by atoms with Crippen LogP contribution in [0.5, 0.6) is 0 Å². The van der Waals surface area contributed by atoms with Gasteiger partial charge in [-0.1, -0.05) is 31.5 Å². The molecule has 0 saturated carbocycles. The molecule has 0 saturated heterocycles. The summed E-state index contributed by atoms with van der Waals surface area (Å²) in [7, 11) is 0.0598. The molecule has 0 N–H and O–H groups in total. The Morgan fingerprint density at radius 3 is 2.80 bits per heavy atom. The van der Waals surface area contributed by atoms with Crippen molar-refractivity contribution in [2.24, 2.45) is 0 Å². The highest BCUT2D eigenvalue weighted by Crippen LogP contribution is 1.95. The van der Waals surface area contributed by atoms with Gasteiger partial charge in [0.05, 0.1) is 0 Å². The molecule has 0 radical (unpaired) electrons. The van der Waals surface area contributed by atoms with E-state index in [1.807, 2.05) is 0 Å². The smallest absolute Gasteiger partial charge is 0.184 e. The van der Waals surface area contributed by atoms with E-state index in [2.05, 4.69) is 25.2 Å². The van der Waals surface area contributed by atoms with E-state index in [9.17, 15) is 0 Å². The maximum absolute atomic E-state index is 5.32. The van der Waals surface area contributed by atoms with Gasteiger partial charge in [0.25, 0.3) is 0 Å². The van der Waals surface area contributed by atoms with Crippen molar-refractivity contribution >= 4 is 19.5 Å². The Bertz CT molecular complexity index is 93.6. The monoisotopic (exact) mass is 174 g/mol. The number of hydrogen-bond donors (Lipinski definition) is 0. The molecule has 1 unspecified atom stereocenters. The van der Waals surface area contributed by atoms with E-state index in [1.54, 1.807) is 0 Å². The van der Waals surface area contributed by atoms with Gasteiger partial charge in [-0.3, -0.25) is 0 Å². The average molecular weight is 174 g/mol. The molecule has 1 nitrogen and oxygen atoms in total. The van der Waals surface area contributed by atoms with Gasteiger partial charge < -0.3 is 4.12 Å². The van der Waals surface area contributed by atoms with Gasteiger partial charge in [-0.15, -0.1) is 0 Å². The van der Waals surface area contributed by atoms with Crippen molar-refractivity contribution in [2.45, 2.75) is 32.7 Å². The van der Waals surface area contributed by atoms with E-state index >= 15 is 0 Å². The molecule has 0 aliphatic carbocycles. The van der Waals surface area contributed by atoms with Gasteiger partial charge in [0.15, 0.2) is 9.04 Å². The third-order valence-electron chi connectivity index (χ3n) is 1.50. The third kappa shape index (κ3) is 6.26. The zero-order valence-electron chi connectivity index (χ0n) is 7.26. The Morgan fingerprint density at radius 1 is 1.60 bits per heavy atom. The Balaban J connectivity index is 3.18. The molecule has 10 heavy (non-hydrogen) atoms. The lowest BCUT2D eigenvalue weighted by molar-refractivity contribution is 0.653. The molecule has 0 fully saturated rings. The first-order chi connectivity index (χ1) is 4.81. The van der Waals surface area contributed by atoms with E-state index in [-0.39, 0.29) is 0 Å². The predicted octanol–water partition coefficient (Wildman–Crippen LogP) is 0.923. The van der Waals surface area contributed by atoms with Crippen LogP contribution < -0.4 is 0 Å². The van der Waals surface area contributed by atoms with Crippen molar-refractivity contribution in [1.82, 2.24) is 0 Å². The van der Waals surface area contributed by atoms with Crippen LogP contribution in [0.15, 0.2) is 11.8 Å². The molecule has 0 heterocycles. The first-order valence-corrected chi connectivity index (χ1v) is 7.11. The van der Waals surface area contributed by atoms with Crippen LogP contribution >= 0.6 is 0 Å². The third-order valence-corrected chi connectivity index (χ3v) is 5.29. The summed E-state index contributed by atoms with van der Waals surface area (Å²) < 4.78 is 5.32. The number of rotatable bonds is 5. The van der Waals surface area contributed by atoms with E-state index in [0.717, 1.165) is 10.5 Å². The molecule has 0 bridgehead atoms. The van der Waals surface area contributed by atoms with E-state index in [1.165, 1.54) is 19.3 Å². The SMILES string of the molecule is CCCCC=C[SiH](C)O[SiH3]. The summed E-state index contributed by atoms with van der Waals surface area (Å²) in [5.74, 6) is 0. The molecule has 0 aromatic heterocycles. The average Bonchev–Trinajstić information content (AvgIpc) is 1.98. The topological polar surface area (TPSA) is 9.23 Å². The highest BCUT2D eigenvalue weighted by atomic mass is 28.3. The van der Waals surface area contributed by atoms with Crippen LogP contribution in [0.2, 0.25) is 6.55 Å². The van der Waals surface area contributed by atoms with Crippen molar-refractivity contribution in [1.29, 1.82) is 0 Å². The van der Waals surface area contributed by atoms with Crippen LogP contribution in [0.1, 0.15) is 26.2 Å². The molecule has 0 aromatic rings. The molecule has 0 amide bonds. The van der Waals surface area contributed by atoms with Crippen molar-refractivity contribution in [3.8, 4) is 0 Å². The second-order valence-electron chi connectivity index (χ2n) is 2.51. The van der Waals surface area contributed by atoms with Crippen molar-refractivity contribution in [3.05, 3.63) is 11.8 Å². The normalized spacial score (nSPS) is 14.6. The summed E-state index contributed by atoms with van der Waals surface area (Å²) >= 11 is 0. The minimum absolute atomic E-state index is 0.843. The fourth-order valence-electron chi connectivity index (χ4n) is 0.688. The molecule has 0 aromatic carbocycles. The Kier molecular flexibility index (Phi) is 7.34. The molecular weight excluding hydrogens is 156 g/mol. The van der Waals surface area contributed by atoms with Crippen molar-refractivity contribution in [2.75, 3.05) is 0 Å². The highest BCUT2D eigenvalue weighted by Gasteiger charge is 1.91. The number of unbranched alkanes of at least 4 members (excludes halogenated alkanes) is 2. The van der Waals surface area contributed by atoms with Gasteiger partial charge in [-0.25, -0.2) is 0 Å². The second-order valence-corrected chi connectivity index (χ2v) is 6.19. The molecule has 0 aliphatic heterocycles. The van der Waals surface area contributed by atoms with Crippen LogP contribution in [-0.2, 0) is 4.12 Å². The van der Waals surface area contributed by atoms with E-state index in [4.69, 9.17) is 4.12 Å². The fourth-order valence-corrected chi connectivity index (χ4v) is 1.89. The quantitative estimate of drug-likeness (QED) is 0.445. The zero-order chi connectivity index (χ0) is 7.82. The Morgan fingerprint density at radius 2 is 2.30 bits per heavy atom. The Labute approximate surface area is 68.7 Å². The zero-order valence-corrected chi connectivity index (χ0v) is 10.4. The van der Waals surface area contributed by atoms with Crippen molar-refractivity contribution < 1.29 is 4.12 Å². The minimum atomic E-state index is -0.843. The Hall–Kier alpha value is 0.134. The van der Waals surface area contributed by atoms with E-state index in [0.29, 0.717) is 0 Å². The summed E-state index contributed by atoms with van der Waals surface area (Å²) in [5, 5.41) is 0. The molecule has 0 aliphatic rings. The van der Waals surface area contributed by atoms with Gasteiger partial charge in [0, 0.05) is 0 Å². The largest absolute Gasteiger partial charge is 0.463 e. The van der Waals surface area contributed by atoms with Crippen LogP contribution in [-0.4, -0.2) is 19.5 Å². The predicted molar refractivity (Wildman–Crippen MR) is 52.7 cm³/mol. The lowest BCUT2D eigenvalue weighted by Crippen LogP contribution is -2.06. The van der Waals surface area contributed by atoms with Crippen LogP contribution in [0.3, 0.4) is 0 Å². The van der Waals surface area contributed by atoms with Crippen LogP contribution in [0, 0.1) is 0 Å². The molecule has 3 heteroatoms. The number of hydrogen-bond acceptors (Lipinski definition) is 1. The molecule has 60 valence electrons. The van der Waals surface area contributed by atoms with Gasteiger partial charge >= 0.3 is 0 Å².